The number of rotatable bonds is 9. The fraction of sp³-hybridized carbons (Fsp3) is 0.296. The first kappa shape index (κ1) is 26.2. The van der Waals surface area contributed by atoms with Gasteiger partial charge in [0.05, 0.1) is 23.7 Å². The lowest BCUT2D eigenvalue weighted by atomic mass is 9.93. The summed E-state index contributed by atoms with van der Waals surface area (Å²) in [5.41, 5.74) is 3.25. The van der Waals surface area contributed by atoms with E-state index in [1.54, 1.807) is 37.4 Å². The molecule has 6 nitrogen and oxygen atoms in total. The average molecular weight is 499 g/mol. The Labute approximate surface area is 206 Å². The smallest absolute Gasteiger partial charge is 0.264 e. The van der Waals surface area contributed by atoms with Crippen LogP contribution in [-0.4, -0.2) is 28.0 Å². The van der Waals surface area contributed by atoms with Crippen LogP contribution in [0.3, 0.4) is 0 Å². The zero-order valence-corrected chi connectivity index (χ0v) is 21.4. The third kappa shape index (κ3) is 6.00. The largest absolute Gasteiger partial charge is 0.496 e. The fourth-order valence-electron chi connectivity index (χ4n) is 3.95. The molecule has 0 radical (unpaired) electrons. The molecule has 0 saturated heterocycles. The van der Waals surface area contributed by atoms with Crippen LogP contribution in [0.2, 0.25) is 0 Å². The molecule has 3 aromatic rings. The highest BCUT2D eigenvalue weighted by Crippen LogP contribution is 2.32. The third-order valence-corrected chi connectivity index (χ3v) is 7.61. The van der Waals surface area contributed by atoms with Crippen LogP contribution < -0.4 is 14.4 Å². The first-order valence-corrected chi connectivity index (χ1v) is 12.8. The van der Waals surface area contributed by atoms with Gasteiger partial charge in [-0.15, -0.1) is 0 Å². The maximum absolute atomic E-state index is 13.4. The van der Waals surface area contributed by atoms with Gasteiger partial charge >= 0.3 is 0 Å². The van der Waals surface area contributed by atoms with E-state index < -0.39 is 28.3 Å². The minimum atomic E-state index is -4.11. The normalized spacial score (nSPS) is 12.3. The van der Waals surface area contributed by atoms with Gasteiger partial charge in [0.15, 0.2) is 0 Å². The molecule has 0 spiro atoms. The molecule has 0 bridgehead atoms. The molecule has 3 rings (SSSR count). The minimum absolute atomic E-state index is 0.101. The van der Waals surface area contributed by atoms with Crippen molar-refractivity contribution in [3.05, 3.63) is 89.2 Å². The van der Waals surface area contributed by atoms with Crippen molar-refractivity contribution in [3.8, 4) is 5.75 Å². The van der Waals surface area contributed by atoms with Crippen LogP contribution >= 0.6 is 0 Å². The van der Waals surface area contributed by atoms with Crippen molar-refractivity contribution in [2.45, 2.75) is 44.6 Å². The van der Waals surface area contributed by atoms with Crippen LogP contribution in [-0.2, 0) is 14.8 Å². The van der Waals surface area contributed by atoms with Crippen molar-refractivity contribution in [1.29, 1.82) is 0 Å². The number of aryl methyl sites for hydroxylation is 1. The van der Waals surface area contributed by atoms with Gasteiger partial charge in [-0.3, -0.25) is 9.10 Å². The molecule has 0 aliphatic heterocycles. The lowest BCUT2D eigenvalue weighted by molar-refractivity contribution is -0.120. The van der Waals surface area contributed by atoms with Gasteiger partial charge in [-0.2, -0.15) is 0 Å². The molecule has 0 aromatic heterocycles. The van der Waals surface area contributed by atoms with Crippen molar-refractivity contribution in [3.63, 3.8) is 0 Å². The maximum Gasteiger partial charge on any atom is 0.264 e. The summed E-state index contributed by atoms with van der Waals surface area (Å²) >= 11 is 0. The lowest BCUT2D eigenvalue weighted by Gasteiger charge is -2.26. The first-order valence-electron chi connectivity index (χ1n) is 11.4. The number of sulfonamides is 1. The van der Waals surface area contributed by atoms with Crippen molar-refractivity contribution in [2.75, 3.05) is 18.0 Å². The summed E-state index contributed by atoms with van der Waals surface area (Å²) in [6.07, 6.45) is 0. The van der Waals surface area contributed by atoms with Gasteiger partial charge in [0, 0.05) is 0 Å². The van der Waals surface area contributed by atoms with E-state index in [4.69, 9.17) is 4.74 Å². The van der Waals surface area contributed by atoms with Crippen molar-refractivity contribution < 1.29 is 22.3 Å². The SMILES string of the molecule is COc1cc(C)c([C@@H](C)NC(=O)CN(c2ccccc2)S(=O)(=O)c2ccc(F)cc2)cc1C(C)C. The Kier molecular flexibility index (Phi) is 8.17. The molecule has 35 heavy (non-hydrogen) atoms. The van der Waals surface area contributed by atoms with Crippen LogP contribution in [0, 0.1) is 12.7 Å². The summed E-state index contributed by atoms with van der Waals surface area (Å²) in [5, 5.41) is 2.93. The van der Waals surface area contributed by atoms with Gasteiger partial charge in [-0.25, -0.2) is 12.8 Å². The Balaban J connectivity index is 1.89. The highest BCUT2D eigenvalue weighted by atomic mass is 32.2. The number of hydrogen-bond acceptors (Lipinski definition) is 4. The number of carbonyl (C=O) groups excluding carboxylic acids is 1. The van der Waals surface area contributed by atoms with Crippen LogP contribution in [0.4, 0.5) is 10.1 Å². The van der Waals surface area contributed by atoms with E-state index in [0.717, 1.165) is 38.9 Å². The number of amides is 1. The molecule has 0 aliphatic carbocycles. The fourth-order valence-corrected chi connectivity index (χ4v) is 5.37. The predicted octanol–water partition coefficient (Wildman–Crippen LogP) is 5.34. The highest BCUT2D eigenvalue weighted by molar-refractivity contribution is 7.92. The molecule has 1 amide bonds. The number of hydrogen-bond donors (Lipinski definition) is 1. The molecule has 1 N–H and O–H groups in total. The summed E-state index contributed by atoms with van der Waals surface area (Å²) in [6, 6.07) is 16.5. The number of benzene rings is 3. The third-order valence-electron chi connectivity index (χ3n) is 5.82. The predicted molar refractivity (Wildman–Crippen MR) is 136 cm³/mol. The second-order valence-corrected chi connectivity index (χ2v) is 10.6. The summed E-state index contributed by atoms with van der Waals surface area (Å²) in [7, 11) is -2.48. The Hall–Kier alpha value is -3.39. The second-order valence-electron chi connectivity index (χ2n) is 8.70. The maximum atomic E-state index is 13.4. The molecule has 0 aliphatic rings. The lowest BCUT2D eigenvalue weighted by Crippen LogP contribution is -2.41. The first-order chi connectivity index (χ1) is 16.5. The zero-order valence-electron chi connectivity index (χ0n) is 20.6. The quantitative estimate of drug-likeness (QED) is 0.432. The summed E-state index contributed by atoms with van der Waals surface area (Å²) < 4.78 is 46.7. The summed E-state index contributed by atoms with van der Waals surface area (Å²) in [4.78, 5) is 13.0. The molecule has 0 unspecified atom stereocenters. The second kappa shape index (κ2) is 10.9. The molecular weight excluding hydrogens is 467 g/mol. The van der Waals surface area contributed by atoms with E-state index in [0.29, 0.717) is 5.69 Å². The molecule has 0 fully saturated rings. The van der Waals surface area contributed by atoms with E-state index in [-0.39, 0.29) is 16.9 Å². The molecule has 3 aromatic carbocycles. The summed E-state index contributed by atoms with van der Waals surface area (Å²) in [5.74, 6) is 0.00723. The van der Waals surface area contributed by atoms with Crippen LogP contribution in [0.1, 0.15) is 49.4 Å². The van der Waals surface area contributed by atoms with Gasteiger partial charge in [-0.1, -0.05) is 32.0 Å². The number of ether oxygens (including phenoxy) is 1. The topological polar surface area (TPSA) is 75.7 Å². The van der Waals surface area contributed by atoms with Crippen molar-refractivity contribution in [1.82, 2.24) is 5.32 Å². The van der Waals surface area contributed by atoms with Gasteiger partial charge in [0.2, 0.25) is 5.91 Å². The number of nitrogens with one attached hydrogen (secondary N) is 1. The van der Waals surface area contributed by atoms with E-state index in [1.807, 2.05) is 26.0 Å². The van der Waals surface area contributed by atoms with Crippen molar-refractivity contribution in [2.24, 2.45) is 0 Å². The minimum Gasteiger partial charge on any atom is -0.496 e. The van der Waals surface area contributed by atoms with Gasteiger partial charge in [-0.05, 0) is 85.0 Å². The standard InChI is InChI=1S/C27H31FN2O4S/c1-18(2)24-16-25(19(3)15-26(24)34-5)20(4)29-27(31)17-30(22-9-7-6-8-10-22)35(32,33)23-13-11-21(28)12-14-23/h6-16,18,20H,17H2,1-5H3,(H,29,31)/t20-/m1/s1. The number of halogens is 1. The Morgan fingerprint density at radius 1 is 1.00 bits per heavy atom. The number of methoxy groups -OCH3 is 1. The molecular formula is C27H31FN2O4S. The van der Waals surface area contributed by atoms with Crippen molar-refractivity contribution >= 4 is 21.6 Å². The summed E-state index contributed by atoms with van der Waals surface area (Å²) in [6.45, 7) is 7.51. The molecule has 8 heteroatoms. The van der Waals surface area contributed by atoms with E-state index >= 15 is 0 Å². The van der Waals surface area contributed by atoms with Gasteiger partial charge in [0.1, 0.15) is 18.1 Å². The Morgan fingerprint density at radius 3 is 2.20 bits per heavy atom. The Bertz CT molecular complexity index is 1280. The number of carbonyl (C=O) groups is 1. The van der Waals surface area contributed by atoms with Crippen LogP contribution in [0.5, 0.6) is 5.75 Å². The number of anilines is 1. The van der Waals surface area contributed by atoms with Gasteiger partial charge < -0.3 is 10.1 Å². The molecule has 1 atom stereocenters. The highest BCUT2D eigenvalue weighted by Gasteiger charge is 2.28. The molecule has 0 heterocycles. The van der Waals surface area contributed by atoms with E-state index in [1.165, 1.54) is 12.1 Å². The average Bonchev–Trinajstić information content (AvgIpc) is 2.82. The monoisotopic (exact) mass is 498 g/mol. The van der Waals surface area contributed by atoms with Gasteiger partial charge in [0.25, 0.3) is 10.0 Å². The molecule has 0 saturated carbocycles. The number of para-hydroxylation sites is 1. The Morgan fingerprint density at radius 2 is 1.63 bits per heavy atom. The van der Waals surface area contributed by atoms with E-state index in [9.17, 15) is 17.6 Å². The van der Waals surface area contributed by atoms with E-state index in [2.05, 4.69) is 19.2 Å². The zero-order chi connectivity index (χ0) is 25.8. The van der Waals surface area contributed by atoms with Crippen LogP contribution in [0.25, 0.3) is 0 Å². The van der Waals surface area contributed by atoms with Crippen LogP contribution in [0.15, 0.2) is 71.6 Å². The molecule has 186 valence electrons. The number of nitrogens with zero attached hydrogens (tertiary/aromatic N) is 1.